The van der Waals surface area contributed by atoms with E-state index in [1.807, 2.05) is 7.11 Å². The van der Waals surface area contributed by atoms with Crippen LogP contribution in [-0.2, 0) is 4.43 Å². The Kier molecular flexibility index (Phi) is 6.58. The molecule has 0 fully saturated rings. The van der Waals surface area contributed by atoms with Gasteiger partial charge in [0.2, 0.25) is 0 Å². The molecular weight excluding hydrogens is 180 g/mol. The predicted octanol–water partition coefficient (Wildman–Crippen LogP) is 1.02. The zero-order valence-electron chi connectivity index (χ0n) is 9.39. The van der Waals surface area contributed by atoms with Crippen molar-refractivity contribution < 1.29 is 4.43 Å². The predicted molar refractivity (Wildman–Crippen MR) is 60.4 cm³/mol. The van der Waals surface area contributed by atoms with Gasteiger partial charge in [-0.3, -0.25) is 0 Å². The molecule has 1 unspecified atom stereocenters. The van der Waals surface area contributed by atoms with Gasteiger partial charge in [-0.1, -0.05) is 6.92 Å². The first kappa shape index (κ1) is 13.1. The largest absolute Gasteiger partial charge is 0.420 e. The fourth-order valence-corrected chi connectivity index (χ4v) is 3.43. The molecule has 0 saturated heterocycles. The molecule has 13 heavy (non-hydrogen) atoms. The fraction of sp³-hybridized carbons (Fsp3) is 1.00. The maximum absolute atomic E-state index is 5.50. The summed E-state index contributed by atoms with van der Waals surface area (Å²) in [6.45, 7) is 9.46. The molecule has 0 aliphatic carbocycles. The van der Waals surface area contributed by atoms with Gasteiger partial charge in [-0.25, -0.2) is 0 Å². The van der Waals surface area contributed by atoms with Crippen LogP contribution in [0.2, 0.25) is 19.1 Å². The molecule has 1 atom stereocenters. The van der Waals surface area contributed by atoms with Crippen LogP contribution in [0.4, 0.5) is 0 Å². The van der Waals surface area contributed by atoms with Gasteiger partial charge in [0, 0.05) is 20.2 Å². The van der Waals surface area contributed by atoms with E-state index in [2.05, 4.69) is 25.3 Å². The van der Waals surface area contributed by atoms with Gasteiger partial charge in [0.05, 0.1) is 0 Å². The van der Waals surface area contributed by atoms with E-state index in [-0.39, 0.29) is 0 Å². The van der Waals surface area contributed by atoms with Crippen LogP contribution < -0.4 is 11.1 Å². The van der Waals surface area contributed by atoms with E-state index < -0.39 is 8.32 Å². The van der Waals surface area contributed by atoms with Crippen molar-refractivity contribution in [1.29, 1.82) is 0 Å². The molecule has 0 saturated carbocycles. The highest BCUT2D eigenvalue weighted by Gasteiger charge is 2.23. The molecule has 3 nitrogen and oxygen atoms in total. The summed E-state index contributed by atoms with van der Waals surface area (Å²) in [5.74, 6) is 0.688. The highest BCUT2D eigenvalue weighted by Crippen LogP contribution is 2.16. The third-order valence-corrected chi connectivity index (χ3v) is 4.99. The van der Waals surface area contributed by atoms with E-state index in [1.54, 1.807) is 0 Å². The van der Waals surface area contributed by atoms with Crippen molar-refractivity contribution in [2.75, 3.05) is 26.7 Å². The maximum Gasteiger partial charge on any atom is 0.186 e. The number of nitrogens with one attached hydrogen (secondary N) is 1. The molecule has 0 aliphatic heterocycles. The van der Waals surface area contributed by atoms with Gasteiger partial charge in [-0.05, 0) is 31.6 Å². The molecule has 0 aromatic rings. The Labute approximate surface area is 83.2 Å². The summed E-state index contributed by atoms with van der Waals surface area (Å²) >= 11 is 0. The van der Waals surface area contributed by atoms with Gasteiger partial charge in [0.15, 0.2) is 8.32 Å². The first-order valence-corrected chi connectivity index (χ1v) is 8.09. The van der Waals surface area contributed by atoms with Crippen LogP contribution in [0, 0.1) is 5.92 Å². The second-order valence-electron chi connectivity index (χ2n) is 4.27. The summed E-state index contributed by atoms with van der Waals surface area (Å²) in [6.07, 6.45) is 0. The summed E-state index contributed by atoms with van der Waals surface area (Å²) in [4.78, 5) is 0. The Morgan fingerprint density at radius 1 is 1.46 bits per heavy atom. The van der Waals surface area contributed by atoms with Gasteiger partial charge in [0.25, 0.3) is 0 Å². The second-order valence-corrected chi connectivity index (χ2v) is 8.60. The summed E-state index contributed by atoms with van der Waals surface area (Å²) in [5.41, 5.74) is 5.39. The lowest BCUT2D eigenvalue weighted by atomic mass is 10.2. The van der Waals surface area contributed by atoms with E-state index >= 15 is 0 Å². The van der Waals surface area contributed by atoms with Crippen molar-refractivity contribution in [3.63, 3.8) is 0 Å². The topological polar surface area (TPSA) is 47.3 Å². The van der Waals surface area contributed by atoms with Crippen molar-refractivity contribution in [2.45, 2.75) is 26.1 Å². The molecule has 0 amide bonds. The molecule has 0 aliphatic rings. The van der Waals surface area contributed by atoms with Crippen molar-refractivity contribution in [1.82, 2.24) is 5.32 Å². The molecule has 0 heterocycles. The number of nitrogens with two attached hydrogens (primary N) is 1. The van der Waals surface area contributed by atoms with Crippen LogP contribution >= 0.6 is 0 Å². The minimum Gasteiger partial charge on any atom is -0.420 e. The Morgan fingerprint density at radius 3 is 2.54 bits per heavy atom. The maximum atomic E-state index is 5.50. The van der Waals surface area contributed by atoms with Crippen LogP contribution in [0.15, 0.2) is 0 Å². The van der Waals surface area contributed by atoms with Crippen LogP contribution in [-0.4, -0.2) is 35.1 Å². The molecule has 80 valence electrons. The second kappa shape index (κ2) is 6.54. The lowest BCUT2D eigenvalue weighted by Gasteiger charge is -2.24. The van der Waals surface area contributed by atoms with Crippen LogP contribution in [0.25, 0.3) is 0 Å². The number of hydrogen-bond donors (Lipinski definition) is 2. The average Bonchev–Trinajstić information content (AvgIpc) is 2.04. The van der Waals surface area contributed by atoms with Crippen molar-refractivity contribution in [3.8, 4) is 0 Å². The minimum atomic E-state index is -1.37. The highest BCUT2D eigenvalue weighted by atomic mass is 28.4. The van der Waals surface area contributed by atoms with Crippen LogP contribution in [0.5, 0.6) is 0 Å². The third kappa shape index (κ3) is 7.19. The van der Waals surface area contributed by atoms with E-state index in [4.69, 9.17) is 10.2 Å². The summed E-state index contributed by atoms with van der Waals surface area (Å²) in [5, 5.41) is 3.32. The first-order chi connectivity index (χ1) is 6.02. The van der Waals surface area contributed by atoms with Gasteiger partial charge < -0.3 is 15.5 Å². The fourth-order valence-electron chi connectivity index (χ4n) is 1.45. The quantitative estimate of drug-likeness (QED) is 0.481. The molecule has 0 radical (unpaired) electrons. The normalized spacial score (nSPS) is 14.5. The van der Waals surface area contributed by atoms with Gasteiger partial charge in [-0.15, -0.1) is 0 Å². The SMILES string of the molecule is CO[Si](C)(C)CC(C)CNCCN. The van der Waals surface area contributed by atoms with E-state index in [0.29, 0.717) is 5.92 Å². The molecule has 0 bridgehead atoms. The molecule has 0 aromatic carbocycles. The lowest BCUT2D eigenvalue weighted by molar-refractivity contribution is 0.391. The van der Waals surface area contributed by atoms with Gasteiger partial charge >= 0.3 is 0 Å². The van der Waals surface area contributed by atoms with Gasteiger partial charge in [-0.2, -0.15) is 0 Å². The summed E-state index contributed by atoms with van der Waals surface area (Å²) in [7, 11) is 0.454. The van der Waals surface area contributed by atoms with Gasteiger partial charge in [0.1, 0.15) is 0 Å². The molecule has 0 aromatic heterocycles. The van der Waals surface area contributed by atoms with E-state index in [9.17, 15) is 0 Å². The minimum absolute atomic E-state index is 0.688. The summed E-state index contributed by atoms with van der Waals surface area (Å²) in [6, 6.07) is 1.21. The average molecular weight is 204 g/mol. The van der Waals surface area contributed by atoms with Crippen molar-refractivity contribution in [2.24, 2.45) is 11.7 Å². The zero-order valence-corrected chi connectivity index (χ0v) is 10.4. The highest BCUT2D eigenvalue weighted by molar-refractivity contribution is 6.71. The van der Waals surface area contributed by atoms with Crippen molar-refractivity contribution in [3.05, 3.63) is 0 Å². The van der Waals surface area contributed by atoms with E-state index in [0.717, 1.165) is 19.6 Å². The van der Waals surface area contributed by atoms with E-state index in [1.165, 1.54) is 6.04 Å². The zero-order chi connectivity index (χ0) is 10.3. The number of rotatable bonds is 7. The molecular formula is C9H24N2OSi. The monoisotopic (exact) mass is 204 g/mol. The molecule has 4 heteroatoms. The molecule has 0 rings (SSSR count). The summed E-state index contributed by atoms with van der Waals surface area (Å²) < 4.78 is 5.50. The lowest BCUT2D eigenvalue weighted by Crippen LogP contribution is -2.35. The first-order valence-electron chi connectivity index (χ1n) is 4.98. The Balaban J connectivity index is 3.55. The molecule has 3 N–H and O–H groups in total. The number of hydrogen-bond acceptors (Lipinski definition) is 3. The molecule has 0 spiro atoms. The standard InChI is InChI=1S/C9H24N2OSi/c1-9(7-11-6-5-10)8-13(3,4)12-2/h9,11H,5-8,10H2,1-4H3. The Bertz CT molecular complexity index is 131. The Hall–Kier alpha value is 0.0969. The van der Waals surface area contributed by atoms with Crippen LogP contribution in [0.3, 0.4) is 0 Å². The third-order valence-electron chi connectivity index (χ3n) is 2.21. The Morgan fingerprint density at radius 2 is 2.08 bits per heavy atom. The van der Waals surface area contributed by atoms with Crippen LogP contribution in [0.1, 0.15) is 6.92 Å². The van der Waals surface area contributed by atoms with Crippen molar-refractivity contribution >= 4 is 8.32 Å². The smallest absolute Gasteiger partial charge is 0.186 e.